The van der Waals surface area contributed by atoms with Gasteiger partial charge in [0.2, 0.25) is 10.0 Å². The molecule has 3 aromatic rings. The van der Waals surface area contributed by atoms with Crippen LogP contribution in [0, 0.1) is 13.8 Å². The van der Waals surface area contributed by atoms with Gasteiger partial charge >= 0.3 is 0 Å². The molecule has 2 atom stereocenters. The van der Waals surface area contributed by atoms with Gasteiger partial charge in [0.05, 0.1) is 24.0 Å². The van der Waals surface area contributed by atoms with Gasteiger partial charge in [0.15, 0.2) is 6.10 Å². The lowest BCUT2D eigenvalue weighted by atomic mass is 10.00. The number of benzene rings is 3. The summed E-state index contributed by atoms with van der Waals surface area (Å²) in [5, 5.41) is 2.99. The maximum Gasteiger partial charge on any atom is 0.263 e. The Kier molecular flexibility index (Phi) is 6.42. The number of nitrogens with zero attached hydrogens (tertiary/aromatic N) is 1. The number of hydrogen-bond acceptors (Lipinski definition) is 4. The van der Waals surface area contributed by atoms with Gasteiger partial charge in [-0.3, -0.25) is 9.10 Å². The van der Waals surface area contributed by atoms with E-state index in [9.17, 15) is 13.2 Å². The van der Waals surface area contributed by atoms with Crippen LogP contribution >= 0.6 is 0 Å². The van der Waals surface area contributed by atoms with Crippen LogP contribution in [-0.4, -0.2) is 27.0 Å². The summed E-state index contributed by atoms with van der Waals surface area (Å²) in [5.74, 6) is -0.133. The van der Waals surface area contributed by atoms with Crippen LogP contribution in [0.2, 0.25) is 0 Å². The zero-order chi connectivity index (χ0) is 23.6. The first kappa shape index (κ1) is 22.9. The standard InChI is InChI=1S/C26H28N2O4S/c1-18-13-14-22(19(2)15-18)20(3)27-26(29)25-16-28(23-11-7-8-12-24(23)32-25)33(30,31)17-21-9-5-4-6-10-21/h4-15,20,25H,16-17H2,1-3H3,(H,27,29)/t20-,25-/m0/s1. The fourth-order valence-corrected chi connectivity index (χ4v) is 5.74. The number of amides is 1. The van der Waals surface area contributed by atoms with Crippen molar-refractivity contribution in [2.75, 3.05) is 10.8 Å². The Morgan fingerprint density at radius 3 is 2.48 bits per heavy atom. The summed E-state index contributed by atoms with van der Waals surface area (Å²) >= 11 is 0. The second-order valence-corrected chi connectivity index (χ2v) is 10.3. The Hall–Kier alpha value is -3.32. The molecule has 4 rings (SSSR count). The predicted octanol–water partition coefficient (Wildman–Crippen LogP) is 4.28. The van der Waals surface area contributed by atoms with E-state index in [0.29, 0.717) is 17.0 Å². The number of nitrogens with one attached hydrogen (secondary N) is 1. The van der Waals surface area contributed by atoms with Crippen molar-refractivity contribution >= 4 is 21.6 Å². The normalized spacial score (nSPS) is 16.5. The monoisotopic (exact) mass is 464 g/mol. The number of rotatable bonds is 6. The average molecular weight is 465 g/mol. The number of carbonyl (C=O) groups is 1. The third kappa shape index (κ3) is 5.03. The largest absolute Gasteiger partial charge is 0.476 e. The molecule has 0 saturated heterocycles. The molecule has 1 amide bonds. The molecule has 0 radical (unpaired) electrons. The van der Waals surface area contributed by atoms with Crippen LogP contribution in [0.1, 0.15) is 35.2 Å². The fraction of sp³-hybridized carbons (Fsp3) is 0.269. The molecule has 1 heterocycles. The highest BCUT2D eigenvalue weighted by Gasteiger charge is 2.37. The van der Waals surface area contributed by atoms with E-state index < -0.39 is 16.1 Å². The molecular formula is C26H28N2O4S. The van der Waals surface area contributed by atoms with Gasteiger partial charge in [-0.2, -0.15) is 0 Å². The Labute approximate surface area is 195 Å². The highest BCUT2D eigenvalue weighted by atomic mass is 32.2. The predicted molar refractivity (Wildman–Crippen MR) is 130 cm³/mol. The van der Waals surface area contributed by atoms with Gasteiger partial charge in [0, 0.05) is 0 Å². The van der Waals surface area contributed by atoms with E-state index >= 15 is 0 Å². The molecule has 172 valence electrons. The van der Waals surface area contributed by atoms with Crippen LogP contribution in [0.5, 0.6) is 5.75 Å². The van der Waals surface area contributed by atoms with Crippen molar-refractivity contribution in [1.29, 1.82) is 0 Å². The second kappa shape index (κ2) is 9.27. The van der Waals surface area contributed by atoms with Crippen molar-refractivity contribution in [3.05, 3.63) is 95.1 Å². The smallest absolute Gasteiger partial charge is 0.263 e. The Morgan fingerprint density at radius 1 is 1.06 bits per heavy atom. The van der Waals surface area contributed by atoms with Crippen LogP contribution < -0.4 is 14.4 Å². The molecule has 0 saturated carbocycles. The van der Waals surface area contributed by atoms with Crippen molar-refractivity contribution in [1.82, 2.24) is 5.32 Å². The average Bonchev–Trinajstić information content (AvgIpc) is 2.78. The number of hydrogen-bond donors (Lipinski definition) is 1. The third-order valence-corrected chi connectivity index (χ3v) is 7.52. The minimum Gasteiger partial charge on any atom is -0.476 e. The highest BCUT2D eigenvalue weighted by molar-refractivity contribution is 7.92. The van der Waals surface area contributed by atoms with Crippen molar-refractivity contribution in [2.45, 2.75) is 38.7 Å². The molecule has 1 N–H and O–H groups in total. The van der Waals surface area contributed by atoms with Gasteiger partial charge in [-0.1, -0.05) is 66.2 Å². The zero-order valence-corrected chi connectivity index (χ0v) is 19.8. The lowest BCUT2D eigenvalue weighted by Gasteiger charge is -2.35. The summed E-state index contributed by atoms with van der Waals surface area (Å²) in [6.45, 7) is 5.86. The van der Waals surface area contributed by atoms with Crippen molar-refractivity contribution in [3.63, 3.8) is 0 Å². The van der Waals surface area contributed by atoms with Crippen LogP contribution in [-0.2, 0) is 20.6 Å². The molecule has 0 aliphatic carbocycles. The van der Waals surface area contributed by atoms with E-state index in [-0.39, 0.29) is 24.2 Å². The quantitative estimate of drug-likeness (QED) is 0.591. The first-order chi connectivity index (χ1) is 15.7. The van der Waals surface area contributed by atoms with E-state index in [1.165, 1.54) is 4.31 Å². The minimum atomic E-state index is -3.74. The lowest BCUT2D eigenvalue weighted by Crippen LogP contribution is -2.51. The molecule has 0 fully saturated rings. The van der Waals surface area contributed by atoms with Gasteiger partial charge in [0.25, 0.3) is 5.91 Å². The van der Waals surface area contributed by atoms with Crippen LogP contribution in [0.4, 0.5) is 5.69 Å². The number of sulfonamides is 1. The van der Waals surface area contributed by atoms with Gasteiger partial charge in [-0.05, 0) is 49.6 Å². The molecule has 0 aromatic heterocycles. The zero-order valence-electron chi connectivity index (χ0n) is 19.0. The fourth-order valence-electron chi connectivity index (χ4n) is 4.16. The van der Waals surface area contributed by atoms with Gasteiger partial charge in [-0.15, -0.1) is 0 Å². The summed E-state index contributed by atoms with van der Waals surface area (Å²) in [6.07, 6.45) is -0.960. The highest BCUT2D eigenvalue weighted by Crippen LogP contribution is 2.36. The first-order valence-electron chi connectivity index (χ1n) is 10.9. The molecule has 7 heteroatoms. The number of carbonyl (C=O) groups excluding carboxylic acids is 1. The van der Waals surface area contributed by atoms with Crippen molar-refractivity contribution < 1.29 is 17.9 Å². The molecule has 0 unspecified atom stereocenters. The van der Waals surface area contributed by atoms with Crippen LogP contribution in [0.25, 0.3) is 0 Å². The van der Waals surface area contributed by atoms with Crippen LogP contribution in [0.3, 0.4) is 0 Å². The van der Waals surface area contributed by atoms with Gasteiger partial charge in [0.1, 0.15) is 5.75 Å². The summed E-state index contributed by atoms with van der Waals surface area (Å²) in [7, 11) is -3.74. The summed E-state index contributed by atoms with van der Waals surface area (Å²) in [5.41, 5.74) is 4.38. The van der Waals surface area contributed by atoms with E-state index in [1.54, 1.807) is 36.4 Å². The molecule has 33 heavy (non-hydrogen) atoms. The second-order valence-electron chi connectivity index (χ2n) is 8.44. The number of ether oxygens (including phenoxy) is 1. The third-order valence-electron chi connectivity index (χ3n) is 5.81. The van der Waals surface area contributed by atoms with Gasteiger partial charge in [-0.25, -0.2) is 8.42 Å². The Morgan fingerprint density at radius 2 is 1.76 bits per heavy atom. The SMILES string of the molecule is Cc1ccc([C@H](C)NC(=O)[C@@H]2CN(S(=O)(=O)Cc3ccccc3)c3ccccc3O2)c(C)c1. The molecule has 3 aromatic carbocycles. The van der Waals surface area contributed by atoms with E-state index in [1.807, 2.05) is 51.1 Å². The molecule has 0 spiro atoms. The maximum atomic E-state index is 13.3. The van der Waals surface area contributed by atoms with E-state index in [0.717, 1.165) is 16.7 Å². The summed E-state index contributed by atoms with van der Waals surface area (Å²) < 4.78 is 33.9. The van der Waals surface area contributed by atoms with Crippen molar-refractivity contribution in [2.24, 2.45) is 0 Å². The van der Waals surface area contributed by atoms with Crippen molar-refractivity contribution in [3.8, 4) is 5.75 Å². The van der Waals surface area contributed by atoms with Gasteiger partial charge < -0.3 is 10.1 Å². The van der Waals surface area contributed by atoms with E-state index in [4.69, 9.17) is 4.74 Å². The minimum absolute atomic E-state index is 0.0857. The Bertz CT molecular complexity index is 1260. The molecule has 0 bridgehead atoms. The number of anilines is 1. The number of aryl methyl sites for hydroxylation is 2. The molecule has 6 nitrogen and oxygen atoms in total. The first-order valence-corrected chi connectivity index (χ1v) is 12.5. The topological polar surface area (TPSA) is 75.7 Å². The molecule has 1 aliphatic rings. The number of fused-ring (bicyclic) bond motifs is 1. The lowest BCUT2D eigenvalue weighted by molar-refractivity contribution is -0.128. The molecule has 1 aliphatic heterocycles. The maximum absolute atomic E-state index is 13.3. The summed E-state index contributed by atoms with van der Waals surface area (Å²) in [6, 6.07) is 21.8. The van der Waals surface area contributed by atoms with E-state index in [2.05, 4.69) is 11.4 Å². The summed E-state index contributed by atoms with van der Waals surface area (Å²) in [4.78, 5) is 13.1. The Balaban J connectivity index is 1.57. The molecular weight excluding hydrogens is 436 g/mol. The van der Waals surface area contributed by atoms with Crippen LogP contribution in [0.15, 0.2) is 72.8 Å². The number of para-hydroxylation sites is 2.